The second-order valence-corrected chi connectivity index (χ2v) is 12.2. The van der Waals surface area contributed by atoms with Gasteiger partial charge >= 0.3 is 0 Å². The van der Waals surface area contributed by atoms with Crippen molar-refractivity contribution in [3.8, 4) is 11.6 Å². The number of anilines is 2. The highest BCUT2D eigenvalue weighted by Gasteiger charge is 2.19. The number of carbonyl (C=O) groups is 1. The number of ether oxygens (including phenoxy) is 1. The Hall–Kier alpha value is -4.12. The number of pyridine rings is 1. The maximum absolute atomic E-state index is 12.5. The van der Waals surface area contributed by atoms with Crippen molar-refractivity contribution >= 4 is 39.7 Å². The summed E-state index contributed by atoms with van der Waals surface area (Å²) in [4.78, 5) is 19.3. The first kappa shape index (κ1) is 31.8. The molecule has 5 rings (SSSR count). The predicted molar refractivity (Wildman–Crippen MR) is 172 cm³/mol. The van der Waals surface area contributed by atoms with Crippen molar-refractivity contribution in [1.29, 1.82) is 0 Å². The van der Waals surface area contributed by atoms with E-state index in [2.05, 4.69) is 25.2 Å². The maximum Gasteiger partial charge on any atom is 0.251 e. The fourth-order valence-corrected chi connectivity index (χ4v) is 5.38. The van der Waals surface area contributed by atoms with Gasteiger partial charge in [0.2, 0.25) is 15.9 Å². The summed E-state index contributed by atoms with van der Waals surface area (Å²) in [7, 11) is -3.32. The van der Waals surface area contributed by atoms with Gasteiger partial charge in [0.15, 0.2) is 0 Å². The molecule has 1 aliphatic heterocycles. The number of halogens is 1. The first-order chi connectivity index (χ1) is 20.3. The Morgan fingerprint density at radius 3 is 2.19 bits per heavy atom. The Bertz CT molecular complexity index is 1560. The molecule has 0 unspecified atom stereocenters. The second kappa shape index (κ2) is 14.9. The molecule has 226 valence electrons. The Labute approximate surface area is 259 Å². The molecule has 43 heavy (non-hydrogen) atoms. The summed E-state index contributed by atoms with van der Waals surface area (Å²) in [6.07, 6.45) is 4.99. The molecule has 0 saturated carbocycles. The van der Waals surface area contributed by atoms with Crippen molar-refractivity contribution in [2.45, 2.75) is 32.0 Å². The zero-order chi connectivity index (χ0) is 29.4. The molecule has 0 aliphatic carbocycles. The highest BCUT2D eigenvalue weighted by atomic mass is 35.5. The van der Waals surface area contributed by atoms with Crippen molar-refractivity contribution < 1.29 is 17.9 Å². The normalized spacial score (nSPS) is 13.9. The van der Waals surface area contributed by atoms with Gasteiger partial charge < -0.3 is 15.4 Å². The minimum atomic E-state index is -3.32. The van der Waals surface area contributed by atoms with Crippen LogP contribution in [0.15, 0.2) is 97.2 Å². The Balaban J connectivity index is 0.00000423. The van der Waals surface area contributed by atoms with Crippen LogP contribution in [0.25, 0.3) is 0 Å². The molecule has 1 saturated heterocycles. The Kier molecular flexibility index (Phi) is 11.0. The number of nitrogens with zero attached hydrogens (tertiary/aromatic N) is 2. The maximum atomic E-state index is 12.5. The summed E-state index contributed by atoms with van der Waals surface area (Å²) in [6.45, 7) is 3.28. The van der Waals surface area contributed by atoms with Gasteiger partial charge in [0.25, 0.3) is 5.91 Å². The summed E-state index contributed by atoms with van der Waals surface area (Å²) in [5, 5.41) is 6.58. The van der Waals surface area contributed by atoms with Crippen molar-refractivity contribution in [3.63, 3.8) is 0 Å². The zero-order valence-corrected chi connectivity index (χ0v) is 25.5. The summed E-state index contributed by atoms with van der Waals surface area (Å²) < 4.78 is 30.9. The molecule has 0 bridgehead atoms. The number of amides is 1. The Morgan fingerprint density at radius 1 is 0.884 bits per heavy atom. The van der Waals surface area contributed by atoms with Crippen molar-refractivity contribution in [1.82, 2.24) is 15.2 Å². The highest BCUT2D eigenvalue weighted by molar-refractivity contribution is 7.92. The van der Waals surface area contributed by atoms with Gasteiger partial charge in [0.1, 0.15) is 5.75 Å². The lowest BCUT2D eigenvalue weighted by Crippen LogP contribution is -2.38. The van der Waals surface area contributed by atoms with E-state index < -0.39 is 10.0 Å². The molecule has 3 aromatic carbocycles. The van der Waals surface area contributed by atoms with Crippen LogP contribution in [0.4, 0.5) is 11.4 Å². The van der Waals surface area contributed by atoms with Gasteiger partial charge in [0, 0.05) is 61.4 Å². The summed E-state index contributed by atoms with van der Waals surface area (Å²) in [5.74, 6) is 0.973. The van der Waals surface area contributed by atoms with Gasteiger partial charge in [-0.05, 0) is 72.5 Å². The number of hydrogen-bond donors (Lipinski definition) is 3. The molecule has 0 radical (unpaired) electrons. The van der Waals surface area contributed by atoms with E-state index in [4.69, 9.17) is 4.74 Å². The van der Waals surface area contributed by atoms with E-state index in [-0.39, 0.29) is 18.3 Å². The number of nitrogens with one attached hydrogen (secondary N) is 3. The van der Waals surface area contributed by atoms with Crippen LogP contribution in [0.3, 0.4) is 0 Å². The van der Waals surface area contributed by atoms with Gasteiger partial charge in [-0.2, -0.15) is 0 Å². The summed E-state index contributed by atoms with van der Waals surface area (Å²) in [5.41, 5.74) is 4.33. The van der Waals surface area contributed by atoms with E-state index in [1.165, 1.54) is 0 Å². The quantitative estimate of drug-likeness (QED) is 0.198. The molecule has 9 nitrogen and oxygen atoms in total. The minimum absolute atomic E-state index is 0. The molecular weight excluding hydrogens is 586 g/mol. The monoisotopic (exact) mass is 621 g/mol. The van der Waals surface area contributed by atoms with E-state index in [0.29, 0.717) is 35.5 Å². The van der Waals surface area contributed by atoms with Crippen LogP contribution >= 0.6 is 12.4 Å². The standard InChI is InChI=1S/C32H35N5O4S.ClH/c1-42(39,40)36-29-12-14-30(15-13-29)41-31-16-7-25(22-33-31)23-37-19-17-28(18-20-37)35-27-10-8-26(9-11-27)32(38)34-21-24-5-3-2-4-6-24;/h2-16,22,28,35-36H,17-21,23H2,1H3,(H,34,38);1H. The summed E-state index contributed by atoms with van der Waals surface area (Å²) >= 11 is 0. The van der Waals surface area contributed by atoms with Crippen LogP contribution in [0.1, 0.15) is 34.3 Å². The van der Waals surface area contributed by atoms with Crippen LogP contribution in [0.5, 0.6) is 11.6 Å². The van der Waals surface area contributed by atoms with Gasteiger partial charge in [-0.25, -0.2) is 13.4 Å². The van der Waals surface area contributed by atoms with Crippen molar-refractivity contribution in [2.24, 2.45) is 0 Å². The van der Waals surface area contributed by atoms with Gasteiger partial charge in [-0.15, -0.1) is 12.4 Å². The number of rotatable bonds is 11. The smallest absolute Gasteiger partial charge is 0.251 e. The fourth-order valence-electron chi connectivity index (χ4n) is 4.82. The van der Waals surface area contributed by atoms with E-state index in [1.54, 1.807) is 24.3 Å². The minimum Gasteiger partial charge on any atom is -0.439 e. The van der Waals surface area contributed by atoms with Crippen LogP contribution in [-0.4, -0.2) is 49.6 Å². The number of carbonyl (C=O) groups excluding carboxylic acids is 1. The third-order valence-corrected chi connectivity index (χ3v) is 7.59. The zero-order valence-electron chi connectivity index (χ0n) is 23.9. The highest BCUT2D eigenvalue weighted by Crippen LogP contribution is 2.23. The SMILES string of the molecule is CS(=O)(=O)Nc1ccc(Oc2ccc(CN3CCC(Nc4ccc(C(=O)NCc5ccccc5)cc4)CC3)cn2)cc1.Cl. The third kappa shape index (κ3) is 9.99. The summed E-state index contributed by atoms with van der Waals surface area (Å²) in [6, 6.07) is 28.5. The van der Waals surface area contributed by atoms with Crippen molar-refractivity contribution in [2.75, 3.05) is 29.4 Å². The molecule has 1 amide bonds. The second-order valence-electron chi connectivity index (χ2n) is 10.4. The molecule has 1 aliphatic rings. The average Bonchev–Trinajstić information content (AvgIpc) is 2.99. The van der Waals surface area contributed by atoms with Gasteiger partial charge in [-0.3, -0.25) is 14.4 Å². The molecule has 4 aromatic rings. The molecule has 11 heteroatoms. The van der Waals surface area contributed by atoms with Crippen LogP contribution in [-0.2, 0) is 23.1 Å². The molecule has 1 fully saturated rings. The van der Waals surface area contributed by atoms with Gasteiger partial charge in [0.05, 0.1) is 6.26 Å². The van der Waals surface area contributed by atoms with Crippen LogP contribution in [0.2, 0.25) is 0 Å². The number of piperidine rings is 1. The molecule has 1 aromatic heterocycles. The fraction of sp³-hybridized carbons (Fsp3) is 0.250. The van der Waals surface area contributed by atoms with E-state index >= 15 is 0 Å². The number of benzene rings is 3. The largest absolute Gasteiger partial charge is 0.439 e. The van der Waals surface area contributed by atoms with E-state index in [0.717, 1.165) is 55.5 Å². The molecular formula is C32H36ClN5O4S. The first-order valence-corrected chi connectivity index (χ1v) is 15.8. The van der Waals surface area contributed by atoms with Crippen molar-refractivity contribution in [3.05, 3.63) is 114 Å². The third-order valence-electron chi connectivity index (χ3n) is 6.99. The predicted octanol–water partition coefficient (Wildman–Crippen LogP) is 5.67. The number of likely N-dealkylation sites (tertiary alicyclic amines) is 1. The molecule has 0 atom stereocenters. The lowest BCUT2D eigenvalue weighted by molar-refractivity contribution is 0.0951. The van der Waals surface area contributed by atoms with E-state index in [9.17, 15) is 13.2 Å². The molecule has 0 spiro atoms. The lowest BCUT2D eigenvalue weighted by atomic mass is 10.0. The van der Waals surface area contributed by atoms with Crippen LogP contribution in [0, 0.1) is 0 Å². The van der Waals surface area contributed by atoms with Gasteiger partial charge in [-0.1, -0.05) is 36.4 Å². The lowest BCUT2D eigenvalue weighted by Gasteiger charge is -2.32. The number of sulfonamides is 1. The average molecular weight is 622 g/mol. The molecule has 2 heterocycles. The van der Waals surface area contributed by atoms with Crippen LogP contribution < -0.4 is 20.1 Å². The first-order valence-electron chi connectivity index (χ1n) is 13.9. The van der Waals surface area contributed by atoms with E-state index in [1.807, 2.05) is 72.9 Å². The molecule has 3 N–H and O–H groups in total. The number of hydrogen-bond acceptors (Lipinski definition) is 7. The Morgan fingerprint density at radius 2 is 1.56 bits per heavy atom. The topological polar surface area (TPSA) is 113 Å². The number of aromatic nitrogens is 1.